The number of rotatable bonds is 6. The molecule has 0 aliphatic carbocycles. The molecule has 1 N–H and O–H groups in total. The number of carbonyl (C=O) groups is 3. The van der Waals surface area contributed by atoms with Crippen molar-refractivity contribution in [3.63, 3.8) is 0 Å². The number of non-ortho nitro benzene ring substituents is 1. The van der Waals surface area contributed by atoms with Crippen LogP contribution in [0.25, 0.3) is 6.08 Å². The minimum atomic E-state index is -0.629. The van der Waals surface area contributed by atoms with Crippen molar-refractivity contribution in [1.82, 2.24) is 4.90 Å². The molecule has 1 aliphatic heterocycles. The lowest BCUT2D eigenvalue weighted by Crippen LogP contribution is -2.33. The molecule has 1 heterocycles. The van der Waals surface area contributed by atoms with Gasteiger partial charge in [-0.1, -0.05) is 24.3 Å². The molecule has 3 rings (SSSR count). The number of ether oxygens (including phenoxy) is 1. The molecule has 154 valence electrons. The Morgan fingerprint density at radius 3 is 2.50 bits per heavy atom. The molecule has 0 spiro atoms. The molecular weight excluding hydrogens is 390 g/mol. The third-order valence-corrected chi connectivity index (χ3v) is 4.56. The lowest BCUT2D eigenvalue weighted by atomic mass is 9.94. The summed E-state index contributed by atoms with van der Waals surface area (Å²) in [5, 5.41) is 13.1. The molecule has 0 bridgehead atoms. The Morgan fingerprint density at radius 1 is 1.13 bits per heavy atom. The molecule has 30 heavy (non-hydrogen) atoms. The number of anilines is 1. The van der Waals surface area contributed by atoms with Gasteiger partial charge in [0.1, 0.15) is 0 Å². The van der Waals surface area contributed by atoms with E-state index < -0.39 is 29.4 Å². The highest BCUT2D eigenvalue weighted by Crippen LogP contribution is 2.33. The number of hydrogen-bond acceptors (Lipinski definition) is 6. The van der Waals surface area contributed by atoms with E-state index in [1.54, 1.807) is 12.3 Å². The van der Waals surface area contributed by atoms with E-state index in [1.165, 1.54) is 36.1 Å². The summed E-state index contributed by atoms with van der Waals surface area (Å²) in [6, 6.07) is 12.2. The fourth-order valence-corrected chi connectivity index (χ4v) is 3.14. The van der Waals surface area contributed by atoms with E-state index in [-0.39, 0.29) is 18.0 Å². The molecular formula is C21H19N3O6. The number of nitrogens with zero attached hydrogens (tertiary/aromatic N) is 2. The van der Waals surface area contributed by atoms with Crippen molar-refractivity contribution in [1.29, 1.82) is 0 Å². The number of amides is 2. The molecule has 2 amide bonds. The van der Waals surface area contributed by atoms with Crippen LogP contribution in [-0.4, -0.2) is 34.2 Å². The summed E-state index contributed by atoms with van der Waals surface area (Å²) in [6.07, 6.45) is 3.33. The van der Waals surface area contributed by atoms with Crippen LogP contribution < -0.4 is 5.32 Å². The Kier molecular flexibility index (Phi) is 6.21. The predicted molar refractivity (Wildman–Crippen MR) is 108 cm³/mol. The van der Waals surface area contributed by atoms with E-state index >= 15 is 0 Å². The van der Waals surface area contributed by atoms with Gasteiger partial charge in [0.15, 0.2) is 6.61 Å². The summed E-state index contributed by atoms with van der Waals surface area (Å²) in [5.41, 5.74) is 1.97. The number of fused-ring (bicyclic) bond motifs is 1. The van der Waals surface area contributed by atoms with Gasteiger partial charge >= 0.3 is 5.97 Å². The SMILES string of the molecule is CC(=O)N1C=Cc2ccccc2[C@H]1CC(=O)OCC(=O)Nc1ccc([N+](=O)[O-])cc1. The fourth-order valence-electron chi connectivity index (χ4n) is 3.14. The zero-order valence-electron chi connectivity index (χ0n) is 16.1. The molecule has 2 aromatic carbocycles. The Bertz CT molecular complexity index is 1020. The summed E-state index contributed by atoms with van der Waals surface area (Å²) in [4.78, 5) is 47.8. The second kappa shape index (κ2) is 8.99. The van der Waals surface area contributed by atoms with E-state index in [9.17, 15) is 24.5 Å². The predicted octanol–water partition coefficient (Wildman–Crippen LogP) is 3.04. The van der Waals surface area contributed by atoms with Crippen molar-refractivity contribution in [3.8, 4) is 0 Å². The zero-order chi connectivity index (χ0) is 21.7. The molecule has 0 fully saturated rings. The van der Waals surface area contributed by atoms with Crippen LogP contribution in [-0.2, 0) is 19.1 Å². The average Bonchev–Trinajstić information content (AvgIpc) is 2.72. The van der Waals surface area contributed by atoms with Crippen LogP contribution in [0.1, 0.15) is 30.5 Å². The molecule has 0 saturated carbocycles. The summed E-state index contributed by atoms with van der Waals surface area (Å²) in [5.74, 6) is -1.42. The summed E-state index contributed by atoms with van der Waals surface area (Å²) in [6.45, 7) is 0.897. The number of nitrogens with one attached hydrogen (secondary N) is 1. The van der Waals surface area contributed by atoms with Crippen molar-refractivity contribution in [3.05, 3.63) is 76.0 Å². The Balaban J connectivity index is 1.58. The molecule has 1 atom stereocenters. The first-order valence-electron chi connectivity index (χ1n) is 9.11. The van der Waals surface area contributed by atoms with E-state index in [0.29, 0.717) is 5.69 Å². The van der Waals surface area contributed by atoms with E-state index in [0.717, 1.165) is 11.1 Å². The van der Waals surface area contributed by atoms with E-state index in [1.807, 2.05) is 24.3 Å². The number of nitro benzene ring substituents is 1. The normalized spacial score (nSPS) is 14.6. The van der Waals surface area contributed by atoms with Crippen LogP contribution in [0.15, 0.2) is 54.7 Å². The fraction of sp³-hybridized carbons (Fsp3) is 0.190. The number of esters is 1. The maximum absolute atomic E-state index is 12.3. The smallest absolute Gasteiger partial charge is 0.308 e. The summed E-state index contributed by atoms with van der Waals surface area (Å²) < 4.78 is 5.06. The molecule has 0 aromatic heterocycles. The van der Waals surface area contributed by atoms with Gasteiger partial charge in [-0.2, -0.15) is 0 Å². The van der Waals surface area contributed by atoms with Crippen LogP contribution >= 0.6 is 0 Å². The zero-order valence-corrected chi connectivity index (χ0v) is 16.1. The van der Waals surface area contributed by atoms with Gasteiger partial charge in [-0.25, -0.2) is 0 Å². The van der Waals surface area contributed by atoms with Crippen LogP contribution in [0.3, 0.4) is 0 Å². The van der Waals surface area contributed by atoms with Crippen molar-refractivity contribution < 1.29 is 24.0 Å². The van der Waals surface area contributed by atoms with Crippen LogP contribution in [0.2, 0.25) is 0 Å². The van der Waals surface area contributed by atoms with Crippen molar-refractivity contribution in [2.24, 2.45) is 0 Å². The number of benzene rings is 2. The Labute approximate surface area is 172 Å². The highest BCUT2D eigenvalue weighted by Gasteiger charge is 2.28. The van der Waals surface area contributed by atoms with Gasteiger partial charge in [0.05, 0.1) is 17.4 Å². The molecule has 0 unspecified atom stereocenters. The number of hydrogen-bond donors (Lipinski definition) is 1. The summed E-state index contributed by atoms with van der Waals surface area (Å²) in [7, 11) is 0. The van der Waals surface area contributed by atoms with Gasteiger partial charge in [-0.05, 0) is 29.3 Å². The monoisotopic (exact) mass is 409 g/mol. The second-order valence-electron chi connectivity index (χ2n) is 6.60. The Hall–Kier alpha value is -4.01. The van der Waals surface area contributed by atoms with Gasteiger partial charge in [0, 0.05) is 30.9 Å². The van der Waals surface area contributed by atoms with Crippen molar-refractivity contribution >= 4 is 35.2 Å². The van der Waals surface area contributed by atoms with E-state index in [2.05, 4.69) is 5.32 Å². The molecule has 2 aromatic rings. The van der Waals surface area contributed by atoms with Gasteiger partial charge < -0.3 is 15.0 Å². The van der Waals surface area contributed by atoms with Gasteiger partial charge in [-0.15, -0.1) is 0 Å². The molecule has 9 heteroatoms. The molecule has 1 aliphatic rings. The van der Waals surface area contributed by atoms with Crippen LogP contribution in [0, 0.1) is 10.1 Å². The first-order valence-corrected chi connectivity index (χ1v) is 9.11. The number of nitro groups is 1. The lowest BCUT2D eigenvalue weighted by molar-refractivity contribution is -0.384. The van der Waals surface area contributed by atoms with Crippen molar-refractivity contribution in [2.45, 2.75) is 19.4 Å². The molecule has 0 saturated heterocycles. The van der Waals surface area contributed by atoms with Gasteiger partial charge in [-0.3, -0.25) is 24.5 Å². The van der Waals surface area contributed by atoms with E-state index in [4.69, 9.17) is 4.74 Å². The maximum Gasteiger partial charge on any atom is 0.308 e. The maximum atomic E-state index is 12.3. The van der Waals surface area contributed by atoms with Gasteiger partial charge in [0.2, 0.25) is 5.91 Å². The largest absolute Gasteiger partial charge is 0.455 e. The topological polar surface area (TPSA) is 119 Å². The standard InChI is InChI=1S/C21H19N3O6/c1-14(25)23-11-10-15-4-2-3-5-18(15)19(23)12-21(27)30-13-20(26)22-16-6-8-17(9-7-16)24(28)29/h2-11,19H,12-13H2,1H3,(H,22,26)/t19-/m1/s1. The number of carbonyl (C=O) groups excluding carboxylic acids is 3. The second-order valence-corrected chi connectivity index (χ2v) is 6.60. The first kappa shape index (κ1) is 20.7. The van der Waals surface area contributed by atoms with Crippen molar-refractivity contribution in [2.75, 3.05) is 11.9 Å². The Morgan fingerprint density at radius 2 is 1.83 bits per heavy atom. The average molecular weight is 409 g/mol. The first-order chi connectivity index (χ1) is 14.3. The van der Waals surface area contributed by atoms with Crippen LogP contribution in [0.5, 0.6) is 0 Å². The van der Waals surface area contributed by atoms with Gasteiger partial charge in [0.25, 0.3) is 11.6 Å². The quantitative estimate of drug-likeness (QED) is 0.445. The highest BCUT2D eigenvalue weighted by atomic mass is 16.6. The molecule has 0 radical (unpaired) electrons. The summed E-state index contributed by atoms with van der Waals surface area (Å²) >= 11 is 0. The minimum Gasteiger partial charge on any atom is -0.455 e. The highest BCUT2D eigenvalue weighted by molar-refractivity contribution is 5.93. The third-order valence-electron chi connectivity index (χ3n) is 4.56. The molecule has 9 nitrogen and oxygen atoms in total. The third kappa shape index (κ3) is 4.88. The lowest BCUT2D eigenvalue weighted by Gasteiger charge is -2.32. The minimum absolute atomic E-state index is 0.101. The van der Waals surface area contributed by atoms with Crippen LogP contribution in [0.4, 0.5) is 11.4 Å².